The number of unbranched alkanes of at least 4 members (excludes halogenated alkanes) is 1. The first kappa shape index (κ1) is 28.1. The summed E-state index contributed by atoms with van der Waals surface area (Å²) in [6, 6.07) is 19.0. The standard InChI is InChI=1S/C35H40FN/c1-6-9-14-26(4)29(7-2)22-21-27(5)32-23-24-35(33-19-11-10-17-30(33)8-3)37-34(32)20-13-16-28-15-12-18-31(36)25-28/h3,10-12,15,17-19,23-25,29H,4-7,9,13-14,16,20-22H2,1-2H3. The van der Waals surface area contributed by atoms with Gasteiger partial charge < -0.3 is 0 Å². The van der Waals surface area contributed by atoms with Crippen LogP contribution < -0.4 is 0 Å². The van der Waals surface area contributed by atoms with Gasteiger partial charge in [0.25, 0.3) is 0 Å². The van der Waals surface area contributed by atoms with E-state index in [0.29, 0.717) is 5.92 Å². The van der Waals surface area contributed by atoms with E-state index >= 15 is 0 Å². The van der Waals surface area contributed by atoms with Crippen molar-refractivity contribution >= 4 is 5.57 Å². The van der Waals surface area contributed by atoms with Gasteiger partial charge in [0.05, 0.1) is 5.69 Å². The number of rotatable bonds is 14. The minimum atomic E-state index is -0.191. The van der Waals surface area contributed by atoms with Crippen LogP contribution in [0.2, 0.25) is 0 Å². The molecule has 0 fully saturated rings. The number of hydrogen-bond acceptors (Lipinski definition) is 1. The van der Waals surface area contributed by atoms with Crippen molar-refractivity contribution in [2.45, 2.75) is 71.6 Å². The normalized spacial score (nSPS) is 11.6. The van der Waals surface area contributed by atoms with Crippen LogP contribution in [0.25, 0.3) is 16.8 Å². The molecule has 0 N–H and O–H groups in total. The van der Waals surface area contributed by atoms with Crippen LogP contribution >= 0.6 is 0 Å². The van der Waals surface area contributed by atoms with Crippen LogP contribution in [0.3, 0.4) is 0 Å². The zero-order valence-electron chi connectivity index (χ0n) is 22.5. The van der Waals surface area contributed by atoms with E-state index in [1.165, 1.54) is 24.5 Å². The van der Waals surface area contributed by atoms with Gasteiger partial charge in [-0.25, -0.2) is 4.39 Å². The Hall–Kier alpha value is -3.44. The maximum atomic E-state index is 13.7. The van der Waals surface area contributed by atoms with Crippen LogP contribution in [0.15, 0.2) is 79.4 Å². The molecule has 0 bridgehead atoms. The molecule has 3 aromatic rings. The van der Waals surface area contributed by atoms with Crippen molar-refractivity contribution in [3.8, 4) is 23.6 Å². The van der Waals surface area contributed by atoms with Crippen LogP contribution in [0.1, 0.15) is 81.2 Å². The van der Waals surface area contributed by atoms with Crippen LogP contribution in [0, 0.1) is 24.1 Å². The number of pyridine rings is 1. The summed E-state index contributed by atoms with van der Waals surface area (Å²) in [5, 5.41) is 0. The highest BCUT2D eigenvalue weighted by Crippen LogP contribution is 2.31. The molecular formula is C35H40FN. The Balaban J connectivity index is 1.82. The summed E-state index contributed by atoms with van der Waals surface area (Å²) >= 11 is 0. The van der Waals surface area contributed by atoms with E-state index < -0.39 is 0 Å². The van der Waals surface area contributed by atoms with E-state index in [9.17, 15) is 4.39 Å². The van der Waals surface area contributed by atoms with E-state index in [4.69, 9.17) is 11.4 Å². The molecule has 1 nitrogen and oxygen atoms in total. The predicted molar refractivity (Wildman–Crippen MR) is 157 cm³/mol. The maximum absolute atomic E-state index is 13.7. The topological polar surface area (TPSA) is 12.9 Å². The lowest BCUT2D eigenvalue weighted by molar-refractivity contribution is 0.526. The highest BCUT2D eigenvalue weighted by molar-refractivity contribution is 5.72. The highest BCUT2D eigenvalue weighted by atomic mass is 19.1. The largest absolute Gasteiger partial charge is 0.252 e. The van der Waals surface area contributed by atoms with Gasteiger partial charge in [0.1, 0.15) is 5.82 Å². The second kappa shape index (κ2) is 14.3. The van der Waals surface area contributed by atoms with Gasteiger partial charge in [-0.2, -0.15) is 0 Å². The molecule has 0 amide bonds. The summed E-state index contributed by atoms with van der Waals surface area (Å²) < 4.78 is 13.7. The molecule has 1 atom stereocenters. The first-order valence-corrected chi connectivity index (χ1v) is 13.6. The molecule has 192 valence electrons. The molecule has 37 heavy (non-hydrogen) atoms. The Morgan fingerprint density at radius 1 is 0.973 bits per heavy atom. The zero-order chi connectivity index (χ0) is 26.6. The number of benzene rings is 2. The fraction of sp³-hybridized carbons (Fsp3) is 0.343. The predicted octanol–water partition coefficient (Wildman–Crippen LogP) is 9.61. The number of terminal acetylenes is 1. The second-order valence-electron chi connectivity index (χ2n) is 9.87. The van der Waals surface area contributed by atoms with Crippen LogP contribution in [-0.4, -0.2) is 4.98 Å². The third-order valence-corrected chi connectivity index (χ3v) is 7.20. The number of aromatic nitrogens is 1. The van der Waals surface area contributed by atoms with Crippen molar-refractivity contribution in [1.82, 2.24) is 4.98 Å². The SMILES string of the molecule is C#Cc1ccccc1-c1ccc(C(=C)CCC(CC)C(=C)CCCC)c(CCCc2cccc(F)c2)n1. The van der Waals surface area contributed by atoms with E-state index in [1.807, 2.05) is 30.3 Å². The quantitative estimate of drug-likeness (QED) is 0.161. The van der Waals surface area contributed by atoms with Crippen molar-refractivity contribution in [3.05, 3.63) is 108 Å². The number of nitrogens with zero attached hydrogens (tertiary/aromatic N) is 1. The van der Waals surface area contributed by atoms with Gasteiger partial charge in [0.2, 0.25) is 0 Å². The van der Waals surface area contributed by atoms with Gasteiger partial charge in [0, 0.05) is 16.8 Å². The lowest BCUT2D eigenvalue weighted by Gasteiger charge is -2.20. The molecule has 2 heteroatoms. The summed E-state index contributed by atoms with van der Waals surface area (Å²) in [7, 11) is 0. The zero-order valence-corrected chi connectivity index (χ0v) is 22.5. The van der Waals surface area contributed by atoms with E-state index in [1.54, 1.807) is 12.1 Å². The fourth-order valence-electron chi connectivity index (χ4n) is 4.94. The smallest absolute Gasteiger partial charge is 0.123 e. The molecule has 1 aromatic heterocycles. The van der Waals surface area contributed by atoms with Crippen LogP contribution in [0.5, 0.6) is 0 Å². The summed E-state index contributed by atoms with van der Waals surface area (Å²) in [6.45, 7) is 13.3. The summed E-state index contributed by atoms with van der Waals surface area (Å²) in [5.74, 6) is 3.12. The van der Waals surface area contributed by atoms with E-state index in [-0.39, 0.29) is 5.82 Å². The molecule has 2 aromatic carbocycles. The first-order chi connectivity index (χ1) is 18.0. The average Bonchev–Trinajstić information content (AvgIpc) is 2.92. The molecule has 0 aliphatic carbocycles. The van der Waals surface area contributed by atoms with Gasteiger partial charge in [-0.15, -0.1) is 6.42 Å². The maximum Gasteiger partial charge on any atom is 0.123 e. The van der Waals surface area contributed by atoms with Gasteiger partial charge in [-0.1, -0.05) is 81.3 Å². The van der Waals surface area contributed by atoms with Crippen molar-refractivity contribution < 1.29 is 4.39 Å². The second-order valence-corrected chi connectivity index (χ2v) is 9.87. The Bertz CT molecular complexity index is 1250. The Morgan fingerprint density at radius 3 is 2.51 bits per heavy atom. The van der Waals surface area contributed by atoms with Crippen molar-refractivity contribution in [2.24, 2.45) is 5.92 Å². The van der Waals surface area contributed by atoms with Crippen molar-refractivity contribution in [2.75, 3.05) is 0 Å². The summed E-state index contributed by atoms with van der Waals surface area (Å²) in [5.41, 5.74) is 8.32. The third-order valence-electron chi connectivity index (χ3n) is 7.20. The molecule has 3 rings (SSSR count). The lowest BCUT2D eigenvalue weighted by Crippen LogP contribution is -2.05. The molecule has 1 heterocycles. The number of aryl methyl sites for hydroxylation is 2. The Kier molecular flexibility index (Phi) is 10.9. The van der Waals surface area contributed by atoms with Crippen molar-refractivity contribution in [3.63, 3.8) is 0 Å². The molecule has 0 spiro atoms. The molecular weight excluding hydrogens is 453 g/mol. The first-order valence-electron chi connectivity index (χ1n) is 13.6. The molecule has 0 aliphatic rings. The highest BCUT2D eigenvalue weighted by Gasteiger charge is 2.15. The number of halogens is 1. The third kappa shape index (κ3) is 8.02. The Morgan fingerprint density at radius 2 is 1.78 bits per heavy atom. The molecule has 0 aliphatic heterocycles. The van der Waals surface area contributed by atoms with Gasteiger partial charge >= 0.3 is 0 Å². The fourth-order valence-corrected chi connectivity index (χ4v) is 4.94. The lowest BCUT2D eigenvalue weighted by atomic mass is 9.86. The minimum absolute atomic E-state index is 0.191. The molecule has 0 saturated heterocycles. The van der Waals surface area contributed by atoms with Crippen molar-refractivity contribution in [1.29, 1.82) is 0 Å². The van der Waals surface area contributed by atoms with Crippen LogP contribution in [0.4, 0.5) is 4.39 Å². The van der Waals surface area contributed by atoms with Gasteiger partial charge in [-0.3, -0.25) is 4.98 Å². The number of hydrogen-bond donors (Lipinski definition) is 0. The van der Waals surface area contributed by atoms with E-state index in [0.717, 1.165) is 84.2 Å². The van der Waals surface area contributed by atoms with Crippen LogP contribution in [-0.2, 0) is 12.8 Å². The Labute approximate surface area is 223 Å². The molecule has 0 radical (unpaired) electrons. The average molecular weight is 494 g/mol. The molecule has 0 saturated carbocycles. The van der Waals surface area contributed by atoms with Gasteiger partial charge in [0.15, 0.2) is 0 Å². The molecule has 1 unspecified atom stereocenters. The van der Waals surface area contributed by atoms with E-state index in [2.05, 4.69) is 45.1 Å². The summed E-state index contributed by atoms with van der Waals surface area (Å²) in [6.07, 6.45) is 14.8. The minimum Gasteiger partial charge on any atom is -0.252 e. The van der Waals surface area contributed by atoms with Gasteiger partial charge in [-0.05, 0) is 98.2 Å². The monoisotopic (exact) mass is 493 g/mol. The number of allylic oxidation sites excluding steroid dienone is 2. The summed E-state index contributed by atoms with van der Waals surface area (Å²) in [4.78, 5) is 5.10.